The van der Waals surface area contributed by atoms with Crippen LogP contribution in [0.15, 0.2) is 54.6 Å². The molecule has 0 spiro atoms. The Bertz CT molecular complexity index is 1460. The third kappa shape index (κ3) is 4.71. The molecular formula is C29H29N3O3S. The molecular weight excluding hydrogens is 470 g/mol. The van der Waals surface area contributed by atoms with E-state index in [1.54, 1.807) is 6.07 Å². The first-order chi connectivity index (χ1) is 17.4. The number of fused-ring (bicyclic) bond motifs is 2. The average molecular weight is 500 g/mol. The van der Waals surface area contributed by atoms with Crippen LogP contribution in [0.5, 0.6) is 5.75 Å². The molecule has 0 saturated heterocycles. The van der Waals surface area contributed by atoms with Crippen molar-refractivity contribution in [1.29, 1.82) is 0 Å². The van der Waals surface area contributed by atoms with Crippen molar-refractivity contribution in [1.82, 2.24) is 4.98 Å². The minimum Gasteiger partial charge on any atom is -0.490 e. The predicted octanol–water partition coefficient (Wildman–Crippen LogP) is 6.37. The van der Waals surface area contributed by atoms with Crippen molar-refractivity contribution in [3.05, 3.63) is 76.2 Å². The number of anilines is 1. The molecule has 1 aliphatic rings. The third-order valence-corrected chi connectivity index (χ3v) is 7.59. The summed E-state index contributed by atoms with van der Waals surface area (Å²) in [6.45, 7) is 3.95. The van der Waals surface area contributed by atoms with Crippen molar-refractivity contribution in [2.24, 2.45) is 5.73 Å². The molecule has 2 aromatic heterocycles. The molecule has 36 heavy (non-hydrogen) atoms. The van der Waals surface area contributed by atoms with Gasteiger partial charge in [-0.2, -0.15) is 0 Å². The van der Waals surface area contributed by atoms with Gasteiger partial charge < -0.3 is 15.8 Å². The molecule has 0 unspecified atom stereocenters. The van der Waals surface area contributed by atoms with Crippen LogP contribution in [-0.2, 0) is 12.8 Å². The molecule has 3 N–H and O–H groups in total. The van der Waals surface area contributed by atoms with Crippen molar-refractivity contribution in [3.63, 3.8) is 0 Å². The zero-order valence-corrected chi connectivity index (χ0v) is 21.3. The number of nitrogens with two attached hydrogens (primary N) is 1. The Kier molecular flexibility index (Phi) is 6.74. The van der Waals surface area contributed by atoms with Crippen LogP contribution >= 0.6 is 11.3 Å². The number of pyridine rings is 1. The van der Waals surface area contributed by atoms with E-state index in [1.165, 1.54) is 11.3 Å². The van der Waals surface area contributed by atoms with E-state index in [4.69, 9.17) is 15.5 Å². The van der Waals surface area contributed by atoms with Crippen molar-refractivity contribution < 1.29 is 14.3 Å². The lowest BCUT2D eigenvalue weighted by Gasteiger charge is -2.15. The second-order valence-corrected chi connectivity index (χ2v) is 10.4. The van der Waals surface area contributed by atoms with E-state index in [0.29, 0.717) is 33.1 Å². The summed E-state index contributed by atoms with van der Waals surface area (Å²) in [5, 5.41) is 4.29. The highest BCUT2D eigenvalue weighted by Crippen LogP contribution is 2.38. The summed E-state index contributed by atoms with van der Waals surface area (Å²) in [6.07, 6.45) is 4.95. The molecule has 7 heteroatoms. The number of para-hydroxylation sites is 2. The van der Waals surface area contributed by atoms with Crippen LogP contribution < -0.4 is 15.8 Å². The maximum absolute atomic E-state index is 13.7. The zero-order chi connectivity index (χ0) is 25.2. The average Bonchev–Trinajstić information content (AvgIpc) is 3.03. The summed E-state index contributed by atoms with van der Waals surface area (Å²) in [5.41, 5.74) is 9.89. The van der Waals surface area contributed by atoms with Crippen molar-refractivity contribution in [3.8, 4) is 17.0 Å². The molecule has 2 amide bonds. The van der Waals surface area contributed by atoms with Crippen LogP contribution in [-0.4, -0.2) is 22.9 Å². The Morgan fingerprint density at radius 3 is 2.58 bits per heavy atom. The number of rotatable bonds is 6. The van der Waals surface area contributed by atoms with Gasteiger partial charge in [0.25, 0.3) is 11.8 Å². The molecule has 0 aliphatic heterocycles. The molecule has 0 saturated carbocycles. The first-order valence-corrected chi connectivity index (χ1v) is 13.2. The minimum absolute atomic E-state index is 0.00402. The normalized spacial score (nSPS) is 13.3. The molecule has 6 nitrogen and oxygen atoms in total. The molecule has 2 aromatic carbocycles. The topological polar surface area (TPSA) is 94.3 Å². The quantitative estimate of drug-likeness (QED) is 0.301. The fraction of sp³-hybridized carbons (Fsp3) is 0.276. The van der Waals surface area contributed by atoms with Gasteiger partial charge in [-0.1, -0.05) is 36.8 Å². The highest BCUT2D eigenvalue weighted by Gasteiger charge is 2.25. The summed E-state index contributed by atoms with van der Waals surface area (Å²) in [4.78, 5) is 32.1. The number of ether oxygens (including phenoxy) is 1. The second kappa shape index (κ2) is 10.1. The monoisotopic (exact) mass is 499 g/mol. The molecule has 184 valence electrons. The summed E-state index contributed by atoms with van der Waals surface area (Å²) < 4.78 is 6.02. The highest BCUT2D eigenvalue weighted by molar-refractivity contribution is 7.17. The third-order valence-electron chi connectivity index (χ3n) is 6.38. The number of nitrogens with one attached hydrogen (secondary N) is 1. The number of aromatic nitrogens is 1. The van der Waals surface area contributed by atoms with E-state index in [2.05, 4.69) is 5.32 Å². The number of amides is 2. The summed E-state index contributed by atoms with van der Waals surface area (Å²) in [7, 11) is 0. The minimum atomic E-state index is -0.496. The number of carbonyl (C=O) groups excluding carboxylic acids is 2. The number of hydrogen-bond donors (Lipinski definition) is 2. The lowest BCUT2D eigenvalue weighted by atomic mass is 10.0. The van der Waals surface area contributed by atoms with Gasteiger partial charge in [0.05, 0.1) is 28.4 Å². The first-order valence-electron chi connectivity index (χ1n) is 12.3. The van der Waals surface area contributed by atoms with Crippen LogP contribution in [0, 0.1) is 0 Å². The SMILES string of the molecule is CC(C)Oc1ccccc1-c1cc(C(=O)Nc2sc3c(c2C(N)=O)CCCCC3)c2ccccc2n1. The van der Waals surface area contributed by atoms with Gasteiger partial charge in [0.15, 0.2) is 0 Å². The zero-order valence-electron chi connectivity index (χ0n) is 20.5. The van der Waals surface area contributed by atoms with Gasteiger partial charge >= 0.3 is 0 Å². The summed E-state index contributed by atoms with van der Waals surface area (Å²) in [6, 6.07) is 17.1. The van der Waals surface area contributed by atoms with Gasteiger partial charge in [-0.05, 0) is 69.4 Å². The van der Waals surface area contributed by atoms with Crippen LogP contribution in [0.3, 0.4) is 0 Å². The van der Waals surface area contributed by atoms with E-state index < -0.39 is 5.91 Å². The number of hydrogen-bond acceptors (Lipinski definition) is 5. The van der Waals surface area contributed by atoms with E-state index in [9.17, 15) is 9.59 Å². The largest absolute Gasteiger partial charge is 0.490 e. The summed E-state index contributed by atoms with van der Waals surface area (Å²) in [5.74, 6) is -0.0830. The molecule has 0 fully saturated rings. The van der Waals surface area contributed by atoms with Crippen LogP contribution in [0.4, 0.5) is 5.00 Å². The Balaban J connectivity index is 1.59. The van der Waals surface area contributed by atoms with Gasteiger partial charge in [0.1, 0.15) is 10.8 Å². The van der Waals surface area contributed by atoms with Gasteiger partial charge in [0, 0.05) is 15.8 Å². The van der Waals surface area contributed by atoms with Gasteiger partial charge in [-0.3, -0.25) is 9.59 Å². The Morgan fingerprint density at radius 1 is 1.03 bits per heavy atom. The Labute approximate surface area is 214 Å². The number of nitrogens with zero attached hydrogens (tertiary/aromatic N) is 1. The van der Waals surface area contributed by atoms with Crippen molar-refractivity contribution in [2.45, 2.75) is 52.1 Å². The molecule has 2 heterocycles. The van der Waals surface area contributed by atoms with Gasteiger partial charge in [-0.25, -0.2) is 4.98 Å². The number of thiophene rings is 1. The molecule has 5 rings (SSSR count). The number of aryl methyl sites for hydroxylation is 1. The molecule has 0 bridgehead atoms. The van der Waals surface area contributed by atoms with Gasteiger partial charge in [-0.15, -0.1) is 11.3 Å². The maximum Gasteiger partial charge on any atom is 0.257 e. The maximum atomic E-state index is 13.7. The fourth-order valence-electron chi connectivity index (χ4n) is 4.80. The summed E-state index contributed by atoms with van der Waals surface area (Å²) >= 11 is 1.47. The fourth-order valence-corrected chi connectivity index (χ4v) is 6.09. The Hall–Kier alpha value is -3.71. The number of benzene rings is 2. The highest BCUT2D eigenvalue weighted by atomic mass is 32.1. The van der Waals surface area contributed by atoms with E-state index in [1.807, 2.05) is 62.4 Å². The van der Waals surface area contributed by atoms with E-state index in [0.717, 1.165) is 53.5 Å². The standard InChI is InChI=1S/C29H29N3O3S/c1-17(2)35-24-14-9-7-11-19(24)23-16-21(18-10-6-8-13-22(18)31-23)28(34)32-29-26(27(30)33)20-12-4-3-5-15-25(20)36-29/h6-11,13-14,16-17H,3-5,12,15H2,1-2H3,(H2,30,33)(H,32,34). The number of carbonyl (C=O) groups is 2. The lowest BCUT2D eigenvalue weighted by molar-refractivity contribution is 0.100. The molecule has 4 aromatic rings. The smallest absolute Gasteiger partial charge is 0.257 e. The molecule has 0 radical (unpaired) electrons. The molecule has 1 aliphatic carbocycles. The second-order valence-electron chi connectivity index (χ2n) is 9.32. The van der Waals surface area contributed by atoms with Gasteiger partial charge in [0.2, 0.25) is 0 Å². The van der Waals surface area contributed by atoms with E-state index in [-0.39, 0.29) is 12.0 Å². The number of primary amides is 1. The molecule has 0 atom stereocenters. The van der Waals surface area contributed by atoms with E-state index >= 15 is 0 Å². The first kappa shape index (κ1) is 24.0. The van der Waals surface area contributed by atoms with Crippen LogP contribution in [0.1, 0.15) is 64.3 Å². The predicted molar refractivity (Wildman–Crippen MR) is 145 cm³/mol. The Morgan fingerprint density at radius 2 is 1.78 bits per heavy atom. The van der Waals surface area contributed by atoms with Crippen LogP contribution in [0.2, 0.25) is 0 Å². The lowest BCUT2D eigenvalue weighted by Crippen LogP contribution is -2.18. The van der Waals surface area contributed by atoms with Crippen LogP contribution in [0.25, 0.3) is 22.2 Å². The van der Waals surface area contributed by atoms with Crippen molar-refractivity contribution in [2.75, 3.05) is 5.32 Å². The van der Waals surface area contributed by atoms with Crippen molar-refractivity contribution >= 4 is 39.1 Å².